The summed E-state index contributed by atoms with van der Waals surface area (Å²) in [5, 5.41) is 3.36. The topological polar surface area (TPSA) is 21.3 Å². The Morgan fingerprint density at radius 2 is 2.17 bits per heavy atom. The molecular weight excluding hydrogens is 290 g/mol. The Bertz CT molecular complexity index is 405. The van der Waals surface area contributed by atoms with Crippen molar-refractivity contribution in [1.82, 2.24) is 5.32 Å². The number of nitrogens with one attached hydrogen (secondary N) is 1. The smallest absolute Gasteiger partial charge is 0.133 e. The van der Waals surface area contributed by atoms with E-state index in [0.717, 1.165) is 29.9 Å². The third-order valence-electron chi connectivity index (χ3n) is 3.43. The maximum Gasteiger partial charge on any atom is 0.133 e. The zero-order chi connectivity index (χ0) is 13.2. The lowest BCUT2D eigenvalue weighted by Crippen LogP contribution is -2.16. The molecule has 2 rings (SSSR count). The van der Waals surface area contributed by atoms with Crippen LogP contribution in [-0.4, -0.2) is 19.7 Å². The molecule has 0 amide bonds. The van der Waals surface area contributed by atoms with E-state index in [1.807, 2.05) is 0 Å². The molecule has 0 radical (unpaired) electrons. The molecule has 2 nitrogen and oxygen atoms in total. The number of rotatable bonds is 3. The maximum atomic E-state index is 5.90. The van der Waals surface area contributed by atoms with Crippen molar-refractivity contribution in [3.05, 3.63) is 28.2 Å². The molecule has 1 aliphatic rings. The van der Waals surface area contributed by atoms with Crippen LogP contribution in [0.5, 0.6) is 5.75 Å². The second-order valence-electron chi connectivity index (χ2n) is 6.07. The van der Waals surface area contributed by atoms with Crippen molar-refractivity contribution in [2.45, 2.75) is 32.6 Å². The minimum absolute atomic E-state index is 0.177. The fraction of sp³-hybridized carbons (Fsp3) is 0.600. The maximum absolute atomic E-state index is 5.90. The van der Waals surface area contributed by atoms with Crippen molar-refractivity contribution in [2.75, 3.05) is 19.7 Å². The molecule has 100 valence electrons. The Morgan fingerprint density at radius 3 is 2.72 bits per heavy atom. The van der Waals surface area contributed by atoms with Gasteiger partial charge in [-0.2, -0.15) is 0 Å². The van der Waals surface area contributed by atoms with E-state index in [4.69, 9.17) is 4.74 Å². The van der Waals surface area contributed by atoms with E-state index in [1.165, 1.54) is 12.0 Å². The lowest BCUT2D eigenvalue weighted by Gasteiger charge is -2.20. The average molecular weight is 312 g/mol. The van der Waals surface area contributed by atoms with Crippen molar-refractivity contribution < 1.29 is 4.74 Å². The number of hydrogen-bond acceptors (Lipinski definition) is 2. The predicted molar refractivity (Wildman–Crippen MR) is 79.3 cm³/mol. The molecule has 0 bridgehead atoms. The predicted octanol–water partition coefficient (Wildman–Crippen LogP) is 3.73. The van der Waals surface area contributed by atoms with Crippen molar-refractivity contribution in [2.24, 2.45) is 5.92 Å². The van der Waals surface area contributed by atoms with Crippen LogP contribution in [-0.2, 0) is 5.41 Å². The Morgan fingerprint density at radius 1 is 1.39 bits per heavy atom. The van der Waals surface area contributed by atoms with E-state index in [1.54, 1.807) is 0 Å². The summed E-state index contributed by atoms with van der Waals surface area (Å²) in [6.07, 6.45) is 1.22. The van der Waals surface area contributed by atoms with Gasteiger partial charge in [-0.15, -0.1) is 0 Å². The van der Waals surface area contributed by atoms with Gasteiger partial charge in [-0.25, -0.2) is 0 Å². The molecule has 1 aliphatic heterocycles. The van der Waals surface area contributed by atoms with Gasteiger partial charge in [0.15, 0.2) is 0 Å². The van der Waals surface area contributed by atoms with E-state index in [9.17, 15) is 0 Å². The highest BCUT2D eigenvalue weighted by Gasteiger charge is 2.17. The van der Waals surface area contributed by atoms with Gasteiger partial charge in [-0.1, -0.05) is 26.8 Å². The highest BCUT2D eigenvalue weighted by molar-refractivity contribution is 9.10. The molecule has 1 saturated heterocycles. The number of ether oxygens (including phenoxy) is 1. The summed E-state index contributed by atoms with van der Waals surface area (Å²) in [6, 6.07) is 6.41. The number of benzene rings is 1. The minimum Gasteiger partial charge on any atom is -0.492 e. The molecule has 0 saturated carbocycles. The molecule has 1 fully saturated rings. The molecule has 0 aliphatic carbocycles. The Balaban J connectivity index is 2.01. The van der Waals surface area contributed by atoms with E-state index >= 15 is 0 Å². The van der Waals surface area contributed by atoms with Crippen molar-refractivity contribution in [3.8, 4) is 5.75 Å². The van der Waals surface area contributed by atoms with Crippen LogP contribution in [0.3, 0.4) is 0 Å². The molecule has 18 heavy (non-hydrogen) atoms. The highest BCUT2D eigenvalue weighted by Crippen LogP contribution is 2.31. The Labute approximate surface area is 118 Å². The van der Waals surface area contributed by atoms with Gasteiger partial charge in [0, 0.05) is 12.5 Å². The van der Waals surface area contributed by atoms with Gasteiger partial charge in [0.1, 0.15) is 5.75 Å². The van der Waals surface area contributed by atoms with Crippen LogP contribution in [0.15, 0.2) is 22.7 Å². The van der Waals surface area contributed by atoms with Crippen LogP contribution in [0.1, 0.15) is 32.8 Å². The minimum atomic E-state index is 0.177. The number of hydrogen-bond donors (Lipinski definition) is 1. The molecule has 0 spiro atoms. The van der Waals surface area contributed by atoms with Crippen molar-refractivity contribution in [1.29, 1.82) is 0 Å². The SMILES string of the molecule is CC(C)(C)c1ccc(OCC2CCNC2)c(Br)c1. The summed E-state index contributed by atoms with van der Waals surface area (Å²) in [5.74, 6) is 1.61. The molecule has 1 aromatic carbocycles. The summed E-state index contributed by atoms with van der Waals surface area (Å²) in [5.41, 5.74) is 1.50. The lowest BCUT2D eigenvalue weighted by atomic mass is 9.87. The molecule has 0 aromatic heterocycles. The van der Waals surface area contributed by atoms with Crippen LogP contribution >= 0.6 is 15.9 Å². The quantitative estimate of drug-likeness (QED) is 0.918. The summed E-state index contributed by atoms with van der Waals surface area (Å²) in [6.45, 7) is 9.68. The first-order valence-corrected chi connectivity index (χ1v) is 7.39. The lowest BCUT2D eigenvalue weighted by molar-refractivity contribution is 0.258. The summed E-state index contributed by atoms with van der Waals surface area (Å²) < 4.78 is 6.96. The van der Waals surface area contributed by atoms with Gasteiger partial charge in [0.05, 0.1) is 11.1 Å². The van der Waals surface area contributed by atoms with Crippen LogP contribution in [0.25, 0.3) is 0 Å². The highest BCUT2D eigenvalue weighted by atomic mass is 79.9. The second-order valence-corrected chi connectivity index (χ2v) is 6.92. The second kappa shape index (κ2) is 5.62. The fourth-order valence-corrected chi connectivity index (χ4v) is 2.64. The van der Waals surface area contributed by atoms with Gasteiger partial charge in [-0.05, 0) is 52.0 Å². The van der Waals surface area contributed by atoms with Crippen LogP contribution in [0.2, 0.25) is 0 Å². The first kappa shape index (κ1) is 13.9. The molecule has 1 aromatic rings. The van der Waals surface area contributed by atoms with Crippen LogP contribution in [0.4, 0.5) is 0 Å². The monoisotopic (exact) mass is 311 g/mol. The van der Waals surface area contributed by atoms with Gasteiger partial charge >= 0.3 is 0 Å². The van der Waals surface area contributed by atoms with E-state index in [-0.39, 0.29) is 5.41 Å². The normalized spacial score (nSPS) is 20.1. The summed E-state index contributed by atoms with van der Waals surface area (Å²) >= 11 is 3.61. The van der Waals surface area contributed by atoms with Crippen LogP contribution < -0.4 is 10.1 Å². The average Bonchev–Trinajstić information content (AvgIpc) is 2.79. The number of halogens is 1. The Kier molecular flexibility index (Phi) is 4.33. The van der Waals surface area contributed by atoms with E-state index in [0.29, 0.717) is 5.92 Å². The van der Waals surface area contributed by atoms with Crippen molar-refractivity contribution in [3.63, 3.8) is 0 Å². The molecule has 1 N–H and O–H groups in total. The first-order valence-electron chi connectivity index (χ1n) is 6.60. The third kappa shape index (κ3) is 3.48. The van der Waals surface area contributed by atoms with Crippen molar-refractivity contribution >= 4 is 15.9 Å². The summed E-state index contributed by atoms with van der Waals surface area (Å²) in [4.78, 5) is 0. The fourth-order valence-electron chi connectivity index (χ4n) is 2.15. The molecule has 3 heteroatoms. The van der Waals surface area contributed by atoms with E-state index in [2.05, 4.69) is 60.2 Å². The van der Waals surface area contributed by atoms with Gasteiger partial charge in [0.2, 0.25) is 0 Å². The van der Waals surface area contributed by atoms with Gasteiger partial charge in [0.25, 0.3) is 0 Å². The molecule has 1 unspecified atom stereocenters. The van der Waals surface area contributed by atoms with Gasteiger partial charge < -0.3 is 10.1 Å². The standard InChI is InChI=1S/C15H22BrNO/c1-15(2,3)12-4-5-14(13(16)8-12)18-10-11-6-7-17-9-11/h4-5,8,11,17H,6-7,9-10H2,1-3H3. The third-order valence-corrected chi connectivity index (χ3v) is 4.05. The Hall–Kier alpha value is -0.540. The van der Waals surface area contributed by atoms with Crippen LogP contribution in [0, 0.1) is 5.92 Å². The largest absolute Gasteiger partial charge is 0.492 e. The van der Waals surface area contributed by atoms with E-state index < -0.39 is 0 Å². The molecular formula is C15H22BrNO. The zero-order valence-electron chi connectivity index (χ0n) is 11.4. The molecule has 1 atom stereocenters. The van der Waals surface area contributed by atoms with Gasteiger partial charge in [-0.3, -0.25) is 0 Å². The first-order chi connectivity index (χ1) is 8.47. The summed E-state index contributed by atoms with van der Waals surface area (Å²) in [7, 11) is 0. The zero-order valence-corrected chi connectivity index (χ0v) is 13.0. The molecule has 1 heterocycles.